The van der Waals surface area contributed by atoms with Gasteiger partial charge in [0.25, 0.3) is 8.53 Å². The molecule has 0 aliphatic rings. The Bertz CT molecular complexity index is 389. The van der Waals surface area contributed by atoms with E-state index in [2.05, 4.69) is 37.2 Å². The van der Waals surface area contributed by atoms with Crippen molar-refractivity contribution in [3.63, 3.8) is 0 Å². The standard InChI is InChI=1S/C17H33BFN2O3P/c1-9-16(14(6)19)23-17(18)15(7)24-25(22-11-10-20-8)21(12(2)3)13(4)5/h12-17H,9-11H2,1-7H3/t14-,15+,16-,17?,25?/m1/s1. The molecule has 0 aromatic carbocycles. The highest BCUT2D eigenvalue weighted by Crippen LogP contribution is 2.47. The lowest BCUT2D eigenvalue weighted by Crippen LogP contribution is -2.39. The van der Waals surface area contributed by atoms with Crippen molar-refractivity contribution in [1.82, 2.24) is 4.67 Å². The highest BCUT2D eigenvalue weighted by Gasteiger charge is 2.31. The summed E-state index contributed by atoms with van der Waals surface area (Å²) < 4.78 is 33.2. The van der Waals surface area contributed by atoms with Gasteiger partial charge < -0.3 is 18.6 Å². The van der Waals surface area contributed by atoms with Gasteiger partial charge in [-0.2, -0.15) is 0 Å². The van der Waals surface area contributed by atoms with Crippen LogP contribution in [0.5, 0.6) is 0 Å². The number of hydrogen-bond donors (Lipinski definition) is 0. The first kappa shape index (κ1) is 24.8. The molecular formula is C17H33BFN2O3P. The maximum atomic E-state index is 13.5. The molecule has 5 atom stereocenters. The quantitative estimate of drug-likeness (QED) is 0.208. The van der Waals surface area contributed by atoms with E-state index < -0.39 is 32.9 Å². The zero-order chi connectivity index (χ0) is 19.6. The van der Waals surface area contributed by atoms with Crippen LogP contribution in [0.1, 0.15) is 54.9 Å². The summed E-state index contributed by atoms with van der Waals surface area (Å²) in [5, 5.41) is 0. The Morgan fingerprint density at radius 3 is 2.12 bits per heavy atom. The number of rotatable bonds is 13. The zero-order valence-corrected chi connectivity index (χ0v) is 17.5. The smallest absolute Gasteiger partial charge is 0.259 e. The highest BCUT2D eigenvalue weighted by atomic mass is 31.2. The Kier molecular flexibility index (Phi) is 12.9. The lowest BCUT2D eigenvalue weighted by Gasteiger charge is -2.38. The Morgan fingerprint density at radius 1 is 1.16 bits per heavy atom. The molecule has 0 aromatic rings. The van der Waals surface area contributed by atoms with E-state index in [4.69, 9.17) is 28.2 Å². The van der Waals surface area contributed by atoms with Crippen LogP contribution in [0, 0.1) is 6.57 Å². The van der Waals surface area contributed by atoms with Gasteiger partial charge in [0, 0.05) is 18.1 Å². The fraction of sp³-hybridized carbons (Fsp3) is 0.941. The van der Waals surface area contributed by atoms with E-state index in [0.29, 0.717) is 13.0 Å². The summed E-state index contributed by atoms with van der Waals surface area (Å²) >= 11 is 0. The first-order valence-electron chi connectivity index (χ1n) is 8.91. The molecule has 0 heterocycles. The molecule has 0 bridgehead atoms. The summed E-state index contributed by atoms with van der Waals surface area (Å²) in [6.07, 6.45) is -1.57. The van der Waals surface area contributed by atoms with E-state index in [9.17, 15) is 4.39 Å². The molecule has 0 spiro atoms. The SMILES string of the molecule is [B]C(O[C@H](CC)[C@@H](C)F)[C@H](C)OP(OCC[N+]#[C-])N(C(C)C)C(C)C. The maximum absolute atomic E-state index is 13.5. The van der Waals surface area contributed by atoms with Gasteiger partial charge in [-0.25, -0.2) is 15.6 Å². The van der Waals surface area contributed by atoms with Gasteiger partial charge in [-0.15, -0.1) is 0 Å². The Hall–Kier alpha value is -0.245. The first-order chi connectivity index (χ1) is 11.6. The van der Waals surface area contributed by atoms with Crippen LogP contribution >= 0.6 is 8.53 Å². The number of hydrogen-bond acceptors (Lipinski definition) is 4. The molecule has 2 radical (unpaired) electrons. The summed E-state index contributed by atoms with van der Waals surface area (Å²) in [4.78, 5) is 3.31. The first-order valence-corrected chi connectivity index (χ1v) is 10.0. The fourth-order valence-electron chi connectivity index (χ4n) is 2.33. The van der Waals surface area contributed by atoms with Gasteiger partial charge in [-0.3, -0.25) is 0 Å². The molecule has 0 aliphatic carbocycles. The summed E-state index contributed by atoms with van der Waals surface area (Å²) in [5.74, 6) is 0. The second-order valence-electron chi connectivity index (χ2n) is 6.56. The molecule has 0 rings (SSSR count). The Morgan fingerprint density at radius 2 is 1.72 bits per heavy atom. The third-order valence-corrected chi connectivity index (χ3v) is 5.83. The van der Waals surface area contributed by atoms with E-state index in [1.165, 1.54) is 6.92 Å². The van der Waals surface area contributed by atoms with E-state index in [0.717, 1.165) is 0 Å². The number of alkyl halides is 1. The van der Waals surface area contributed by atoms with Gasteiger partial charge in [0.2, 0.25) is 6.54 Å². The molecular weight excluding hydrogens is 341 g/mol. The minimum Gasteiger partial charge on any atom is -0.379 e. The van der Waals surface area contributed by atoms with Crippen molar-refractivity contribution in [3.05, 3.63) is 11.4 Å². The van der Waals surface area contributed by atoms with Gasteiger partial charge in [-0.1, -0.05) is 6.92 Å². The normalized spacial score (nSPS) is 18.2. The Balaban J connectivity index is 4.99. The van der Waals surface area contributed by atoms with Crippen LogP contribution in [0.4, 0.5) is 4.39 Å². The number of halogens is 1. The van der Waals surface area contributed by atoms with Crippen molar-refractivity contribution >= 4 is 16.4 Å². The largest absolute Gasteiger partial charge is 0.379 e. The van der Waals surface area contributed by atoms with Crippen LogP contribution in [0.25, 0.3) is 4.85 Å². The molecule has 0 aromatic heterocycles. The van der Waals surface area contributed by atoms with Crippen molar-refractivity contribution in [2.24, 2.45) is 0 Å². The average molecular weight is 374 g/mol. The topological polar surface area (TPSA) is 35.3 Å². The molecule has 0 amide bonds. The molecule has 144 valence electrons. The summed E-state index contributed by atoms with van der Waals surface area (Å²) in [7, 11) is 4.67. The molecule has 25 heavy (non-hydrogen) atoms. The summed E-state index contributed by atoms with van der Waals surface area (Å²) in [5.41, 5.74) is 0. The van der Waals surface area contributed by atoms with Gasteiger partial charge in [0.15, 0.2) is 0 Å². The molecule has 0 saturated carbocycles. The second kappa shape index (κ2) is 13.0. The maximum Gasteiger partial charge on any atom is 0.259 e. The van der Waals surface area contributed by atoms with Crippen LogP contribution < -0.4 is 0 Å². The second-order valence-corrected chi connectivity index (χ2v) is 7.96. The van der Waals surface area contributed by atoms with E-state index in [-0.39, 0.29) is 18.6 Å². The van der Waals surface area contributed by atoms with Gasteiger partial charge in [-0.05, 0) is 48.0 Å². The predicted octanol–water partition coefficient (Wildman–Crippen LogP) is 4.32. The third kappa shape index (κ3) is 9.31. The highest BCUT2D eigenvalue weighted by molar-refractivity contribution is 7.44. The lowest BCUT2D eigenvalue weighted by molar-refractivity contribution is -0.0537. The molecule has 8 heteroatoms. The van der Waals surface area contributed by atoms with E-state index in [1.807, 2.05) is 6.92 Å². The van der Waals surface area contributed by atoms with E-state index in [1.54, 1.807) is 6.92 Å². The van der Waals surface area contributed by atoms with Crippen LogP contribution in [0.3, 0.4) is 0 Å². The zero-order valence-electron chi connectivity index (χ0n) is 16.6. The van der Waals surface area contributed by atoms with Crippen molar-refractivity contribution in [3.8, 4) is 0 Å². The van der Waals surface area contributed by atoms with Crippen LogP contribution in [0.15, 0.2) is 0 Å². The van der Waals surface area contributed by atoms with Gasteiger partial charge in [0.1, 0.15) is 20.6 Å². The van der Waals surface area contributed by atoms with Gasteiger partial charge >= 0.3 is 0 Å². The molecule has 0 aliphatic heterocycles. The molecule has 0 N–H and O–H groups in total. The minimum atomic E-state index is -1.39. The van der Waals surface area contributed by atoms with Crippen molar-refractivity contribution in [2.75, 3.05) is 13.2 Å². The summed E-state index contributed by atoms with van der Waals surface area (Å²) in [6.45, 7) is 20.9. The minimum absolute atomic E-state index is 0.206. The lowest BCUT2D eigenvalue weighted by atomic mass is 9.94. The number of nitrogens with zero attached hydrogens (tertiary/aromatic N) is 2. The van der Waals surface area contributed by atoms with Crippen LogP contribution in [-0.2, 0) is 13.8 Å². The number of ether oxygens (including phenoxy) is 1. The fourth-order valence-corrected chi connectivity index (χ4v) is 4.03. The van der Waals surface area contributed by atoms with Crippen molar-refractivity contribution in [1.29, 1.82) is 0 Å². The van der Waals surface area contributed by atoms with E-state index >= 15 is 0 Å². The average Bonchev–Trinajstić information content (AvgIpc) is 2.51. The summed E-state index contributed by atoms with van der Waals surface area (Å²) in [6, 6.07) is -0.339. The van der Waals surface area contributed by atoms with Crippen LogP contribution in [0.2, 0.25) is 0 Å². The molecule has 0 saturated heterocycles. The molecule has 0 fully saturated rings. The molecule has 5 nitrogen and oxygen atoms in total. The predicted molar refractivity (Wildman–Crippen MR) is 102 cm³/mol. The van der Waals surface area contributed by atoms with Crippen molar-refractivity contribution in [2.45, 2.75) is 91.4 Å². The third-order valence-electron chi connectivity index (χ3n) is 3.62. The monoisotopic (exact) mass is 374 g/mol. The van der Waals surface area contributed by atoms with Gasteiger partial charge in [0.05, 0.1) is 12.2 Å². The Labute approximate surface area is 155 Å². The molecule has 2 unspecified atom stereocenters. The van der Waals surface area contributed by atoms with Crippen LogP contribution in [-0.4, -0.2) is 62.1 Å². The van der Waals surface area contributed by atoms with Crippen molar-refractivity contribution < 1.29 is 18.2 Å².